The average Bonchev–Trinajstić information content (AvgIpc) is 2.48. The van der Waals surface area contributed by atoms with Crippen molar-refractivity contribution in [2.75, 3.05) is 52.9 Å². The Bertz CT molecular complexity index is 136. The van der Waals surface area contributed by atoms with Crippen LogP contribution in [-0.2, 0) is 14.2 Å². The summed E-state index contributed by atoms with van der Waals surface area (Å²) in [5, 5.41) is 15.2. The van der Waals surface area contributed by atoms with Gasteiger partial charge in [0.25, 0.3) is 0 Å². The van der Waals surface area contributed by atoms with Crippen LogP contribution in [0.4, 0.5) is 0 Å². The summed E-state index contributed by atoms with van der Waals surface area (Å²) in [6, 6.07) is 0. The van der Waals surface area contributed by atoms with Crippen LogP contribution in [0.5, 0.6) is 0 Å². The Morgan fingerprint density at radius 2 is 0.952 bits per heavy atom. The topological polar surface area (TPSA) is 68.2 Å². The number of hydrogen-bond donors (Lipinski definition) is 2. The molecular formula is C16H36O5. The molecule has 5 nitrogen and oxygen atoms in total. The molecule has 0 fully saturated rings. The molecule has 0 aliphatic rings. The highest BCUT2D eigenvalue weighted by molar-refractivity contribution is 4.52. The van der Waals surface area contributed by atoms with Crippen LogP contribution in [0.3, 0.4) is 0 Å². The van der Waals surface area contributed by atoms with Crippen molar-refractivity contribution in [3.8, 4) is 0 Å². The summed E-state index contributed by atoms with van der Waals surface area (Å²) < 4.78 is 15.3. The first-order chi connectivity index (χ1) is 10.2. The van der Waals surface area contributed by atoms with Crippen LogP contribution in [0.2, 0.25) is 0 Å². The van der Waals surface area contributed by atoms with Gasteiger partial charge in [-0.15, -0.1) is 13.2 Å². The number of hydrogen-bond acceptors (Lipinski definition) is 5. The summed E-state index contributed by atoms with van der Waals surface area (Å²) in [5.41, 5.74) is 0. The van der Waals surface area contributed by atoms with Gasteiger partial charge < -0.3 is 24.4 Å². The maximum Gasteiger partial charge on any atom is 0.0701 e. The first-order valence-electron chi connectivity index (χ1n) is 7.25. The van der Waals surface area contributed by atoms with Crippen LogP contribution < -0.4 is 0 Å². The minimum absolute atomic E-state index is 0.125. The van der Waals surface area contributed by atoms with Gasteiger partial charge in [0.1, 0.15) is 0 Å². The third-order valence-corrected chi connectivity index (χ3v) is 1.25. The maximum absolute atomic E-state index is 7.62. The van der Waals surface area contributed by atoms with E-state index < -0.39 is 0 Å². The molecule has 0 saturated heterocycles. The quantitative estimate of drug-likeness (QED) is 0.506. The monoisotopic (exact) mass is 308 g/mol. The second kappa shape index (κ2) is 42.7. The smallest absolute Gasteiger partial charge is 0.0701 e. The second-order valence-corrected chi connectivity index (χ2v) is 3.27. The van der Waals surface area contributed by atoms with Crippen molar-refractivity contribution in [1.82, 2.24) is 0 Å². The van der Waals surface area contributed by atoms with E-state index in [1.807, 2.05) is 27.7 Å². The number of aliphatic hydroxyl groups is 2. The van der Waals surface area contributed by atoms with E-state index >= 15 is 0 Å². The van der Waals surface area contributed by atoms with Gasteiger partial charge in [0.2, 0.25) is 0 Å². The Morgan fingerprint density at radius 1 is 0.714 bits per heavy atom. The number of ether oxygens (including phenoxy) is 3. The van der Waals surface area contributed by atoms with E-state index in [9.17, 15) is 0 Å². The molecule has 0 aromatic carbocycles. The lowest BCUT2D eigenvalue weighted by atomic mass is 10.7. The Kier molecular flexibility index (Phi) is 57.9. The molecule has 0 spiro atoms. The van der Waals surface area contributed by atoms with Gasteiger partial charge >= 0.3 is 0 Å². The molecule has 0 rings (SSSR count). The molecule has 0 bridgehead atoms. The first kappa shape index (κ1) is 28.4. The van der Waals surface area contributed by atoms with Crippen molar-refractivity contribution < 1.29 is 24.4 Å². The predicted molar refractivity (Wildman–Crippen MR) is 89.7 cm³/mol. The van der Waals surface area contributed by atoms with Gasteiger partial charge in [-0.1, -0.05) is 12.2 Å². The van der Waals surface area contributed by atoms with E-state index in [1.54, 1.807) is 12.2 Å². The fraction of sp³-hybridized carbons (Fsp3) is 0.750. The molecule has 0 heterocycles. The van der Waals surface area contributed by atoms with Gasteiger partial charge in [0, 0.05) is 13.2 Å². The minimum atomic E-state index is -0.125. The molecule has 0 aromatic rings. The van der Waals surface area contributed by atoms with E-state index in [2.05, 4.69) is 13.2 Å². The fourth-order valence-electron chi connectivity index (χ4n) is 0.626. The highest BCUT2D eigenvalue weighted by Gasteiger charge is 1.87. The molecule has 0 atom stereocenters. The van der Waals surface area contributed by atoms with E-state index in [4.69, 9.17) is 24.4 Å². The summed E-state index contributed by atoms with van der Waals surface area (Å²) in [4.78, 5) is 0. The summed E-state index contributed by atoms with van der Waals surface area (Å²) >= 11 is 0. The Hall–Kier alpha value is -0.720. The van der Waals surface area contributed by atoms with Crippen molar-refractivity contribution in [3.63, 3.8) is 0 Å². The molecular weight excluding hydrogens is 272 g/mol. The third kappa shape index (κ3) is 84.0. The van der Waals surface area contributed by atoms with E-state index in [1.165, 1.54) is 0 Å². The SMILES string of the molecule is C=CC.C=CC.CCOCCOCCOCC.OCCO. The minimum Gasteiger partial charge on any atom is -0.394 e. The lowest BCUT2D eigenvalue weighted by molar-refractivity contribution is 0.0195. The molecule has 0 aromatic heterocycles. The molecule has 5 heteroatoms. The molecule has 0 radical (unpaired) electrons. The van der Waals surface area contributed by atoms with Gasteiger partial charge in [0.15, 0.2) is 0 Å². The maximum atomic E-state index is 7.62. The van der Waals surface area contributed by atoms with E-state index in [0.29, 0.717) is 26.4 Å². The fourth-order valence-corrected chi connectivity index (χ4v) is 0.626. The van der Waals surface area contributed by atoms with Gasteiger partial charge in [-0.25, -0.2) is 0 Å². The normalized spacial score (nSPS) is 8.10. The Labute approximate surface area is 131 Å². The number of allylic oxidation sites excluding steroid dienone is 2. The average molecular weight is 308 g/mol. The molecule has 21 heavy (non-hydrogen) atoms. The van der Waals surface area contributed by atoms with Crippen LogP contribution in [-0.4, -0.2) is 63.1 Å². The molecule has 2 N–H and O–H groups in total. The van der Waals surface area contributed by atoms with Crippen LogP contribution in [0, 0.1) is 0 Å². The highest BCUT2D eigenvalue weighted by atomic mass is 16.5. The van der Waals surface area contributed by atoms with Crippen LogP contribution in [0.25, 0.3) is 0 Å². The van der Waals surface area contributed by atoms with Crippen molar-refractivity contribution in [3.05, 3.63) is 25.3 Å². The zero-order valence-corrected chi connectivity index (χ0v) is 14.3. The summed E-state index contributed by atoms with van der Waals surface area (Å²) in [6.07, 6.45) is 3.50. The molecule has 0 amide bonds. The summed E-state index contributed by atoms with van der Waals surface area (Å²) in [7, 11) is 0. The number of aliphatic hydroxyl groups excluding tert-OH is 2. The Morgan fingerprint density at radius 3 is 1.14 bits per heavy atom. The highest BCUT2D eigenvalue weighted by Crippen LogP contribution is 1.79. The lowest BCUT2D eigenvalue weighted by Gasteiger charge is -2.03. The molecule has 0 aliphatic heterocycles. The van der Waals surface area contributed by atoms with Gasteiger partial charge in [0.05, 0.1) is 39.6 Å². The van der Waals surface area contributed by atoms with Crippen molar-refractivity contribution >= 4 is 0 Å². The van der Waals surface area contributed by atoms with Gasteiger partial charge in [-0.3, -0.25) is 0 Å². The van der Waals surface area contributed by atoms with Crippen LogP contribution in [0.1, 0.15) is 27.7 Å². The van der Waals surface area contributed by atoms with E-state index in [-0.39, 0.29) is 13.2 Å². The number of rotatable bonds is 9. The van der Waals surface area contributed by atoms with Crippen molar-refractivity contribution in [1.29, 1.82) is 0 Å². The summed E-state index contributed by atoms with van der Waals surface area (Å²) in [6.45, 7) is 18.4. The Balaban J connectivity index is -0.000000119. The molecule has 0 unspecified atom stereocenters. The molecule has 130 valence electrons. The first-order valence-corrected chi connectivity index (χ1v) is 7.25. The molecule has 0 aliphatic carbocycles. The molecule has 0 saturated carbocycles. The predicted octanol–water partition coefficient (Wildman–Crippen LogP) is 2.43. The van der Waals surface area contributed by atoms with Crippen molar-refractivity contribution in [2.45, 2.75) is 27.7 Å². The van der Waals surface area contributed by atoms with Gasteiger partial charge in [-0.2, -0.15) is 0 Å². The van der Waals surface area contributed by atoms with Crippen molar-refractivity contribution in [2.24, 2.45) is 0 Å². The van der Waals surface area contributed by atoms with Crippen LogP contribution >= 0.6 is 0 Å². The largest absolute Gasteiger partial charge is 0.394 e. The zero-order chi connectivity index (χ0) is 17.2. The zero-order valence-electron chi connectivity index (χ0n) is 14.3. The lowest BCUT2D eigenvalue weighted by Crippen LogP contribution is -2.08. The second-order valence-electron chi connectivity index (χ2n) is 3.27. The third-order valence-electron chi connectivity index (χ3n) is 1.25. The van der Waals surface area contributed by atoms with E-state index in [0.717, 1.165) is 13.2 Å². The van der Waals surface area contributed by atoms with Gasteiger partial charge in [-0.05, 0) is 27.7 Å². The standard InChI is InChI=1S/C8H18O3.2C3H6.C2H6O2/c1-3-9-5-7-11-8-6-10-4-2;2*1-3-2;3-1-2-4/h3-8H2,1-2H3;2*3H,1H2,2H3;3-4H,1-2H2. The summed E-state index contributed by atoms with van der Waals surface area (Å²) in [5.74, 6) is 0. The van der Waals surface area contributed by atoms with Crippen LogP contribution in [0.15, 0.2) is 25.3 Å².